The van der Waals surface area contributed by atoms with Gasteiger partial charge in [0.25, 0.3) is 11.8 Å². The smallest absolute Gasteiger partial charge is 0.279 e. The molecular weight excluding hydrogens is 324 g/mol. The Morgan fingerprint density at radius 2 is 1.75 bits per heavy atom. The van der Waals surface area contributed by atoms with E-state index in [1.807, 2.05) is 19.9 Å². The van der Waals surface area contributed by atoms with E-state index >= 15 is 0 Å². The number of nitrogens with one attached hydrogen (secondary N) is 2. The van der Waals surface area contributed by atoms with Crippen molar-refractivity contribution in [1.82, 2.24) is 10.9 Å². The predicted molar refractivity (Wildman–Crippen MR) is 95.6 cm³/mol. The molecule has 1 aromatic carbocycles. The first-order chi connectivity index (χ1) is 11.5. The number of amides is 2. The largest absolute Gasteiger partial charge is 0.494 e. The Labute approximate surface area is 146 Å². The number of hydrazine groups is 1. The Kier molecular flexibility index (Phi) is 6.37. The molecule has 0 radical (unpaired) electrons. The predicted octanol–water partition coefficient (Wildman–Crippen LogP) is 3.48. The molecule has 0 aliphatic heterocycles. The Bertz CT molecular complexity index is 708. The number of hydrogen-bond donors (Lipinski definition) is 2. The zero-order valence-electron chi connectivity index (χ0n) is 14.1. The number of benzene rings is 1. The molecule has 0 atom stereocenters. The lowest BCUT2D eigenvalue weighted by molar-refractivity contribution is 0.0849. The molecule has 24 heavy (non-hydrogen) atoms. The van der Waals surface area contributed by atoms with E-state index in [0.29, 0.717) is 22.8 Å². The maximum Gasteiger partial charge on any atom is 0.279 e. The van der Waals surface area contributed by atoms with Gasteiger partial charge in [0.05, 0.1) is 11.5 Å². The molecule has 0 spiro atoms. The SMILES string of the molecule is CCCc1cc(C(=O)NNC(=O)c2ccc(OCC)cc2)sc1C. The lowest BCUT2D eigenvalue weighted by atomic mass is 10.1. The third-order valence-electron chi connectivity index (χ3n) is 3.48. The van der Waals surface area contributed by atoms with Crippen LogP contribution in [0.2, 0.25) is 0 Å². The van der Waals surface area contributed by atoms with Gasteiger partial charge in [-0.25, -0.2) is 0 Å². The normalized spacial score (nSPS) is 10.3. The molecule has 6 heteroatoms. The van der Waals surface area contributed by atoms with Crippen molar-refractivity contribution in [2.45, 2.75) is 33.6 Å². The fraction of sp³-hybridized carbons (Fsp3) is 0.333. The second-order valence-electron chi connectivity index (χ2n) is 5.31. The fourth-order valence-electron chi connectivity index (χ4n) is 2.27. The molecule has 0 bridgehead atoms. The minimum absolute atomic E-state index is 0.301. The zero-order valence-corrected chi connectivity index (χ0v) is 15.0. The van der Waals surface area contributed by atoms with Crippen molar-refractivity contribution >= 4 is 23.2 Å². The van der Waals surface area contributed by atoms with Crippen LogP contribution < -0.4 is 15.6 Å². The molecule has 0 fully saturated rings. The van der Waals surface area contributed by atoms with Crippen molar-refractivity contribution in [2.24, 2.45) is 0 Å². The molecule has 0 aliphatic carbocycles. The topological polar surface area (TPSA) is 67.4 Å². The molecular formula is C18H22N2O3S. The number of aryl methyl sites for hydroxylation is 2. The van der Waals surface area contributed by atoms with Crippen LogP contribution in [0.3, 0.4) is 0 Å². The van der Waals surface area contributed by atoms with Crippen LogP contribution >= 0.6 is 11.3 Å². The van der Waals surface area contributed by atoms with Gasteiger partial charge in [0.2, 0.25) is 0 Å². The molecule has 1 heterocycles. The van der Waals surface area contributed by atoms with Crippen molar-refractivity contribution in [3.05, 3.63) is 51.2 Å². The minimum atomic E-state index is -0.367. The number of ether oxygens (including phenoxy) is 1. The molecule has 2 amide bonds. The summed E-state index contributed by atoms with van der Waals surface area (Å²) in [5, 5.41) is 0. The Balaban J connectivity index is 1.93. The Morgan fingerprint density at radius 3 is 2.38 bits per heavy atom. The van der Waals surface area contributed by atoms with Crippen LogP contribution in [0.1, 0.15) is 50.7 Å². The summed E-state index contributed by atoms with van der Waals surface area (Å²) in [5.74, 6) is 0.0359. The maximum atomic E-state index is 12.2. The second kappa shape index (κ2) is 8.49. The molecule has 5 nitrogen and oxygen atoms in total. The average Bonchev–Trinajstić information content (AvgIpc) is 2.95. The van der Waals surface area contributed by atoms with Crippen molar-refractivity contribution in [1.29, 1.82) is 0 Å². The number of rotatable bonds is 6. The summed E-state index contributed by atoms with van der Waals surface area (Å²) in [6.07, 6.45) is 1.99. The van der Waals surface area contributed by atoms with E-state index in [2.05, 4.69) is 17.8 Å². The van der Waals surface area contributed by atoms with Crippen molar-refractivity contribution in [3.8, 4) is 5.75 Å². The van der Waals surface area contributed by atoms with Gasteiger partial charge in [0.1, 0.15) is 5.75 Å². The number of hydrogen-bond acceptors (Lipinski definition) is 4. The first kappa shape index (κ1) is 18.0. The Hall–Kier alpha value is -2.34. The minimum Gasteiger partial charge on any atom is -0.494 e. The lowest BCUT2D eigenvalue weighted by Crippen LogP contribution is -2.41. The van der Waals surface area contributed by atoms with E-state index in [-0.39, 0.29) is 11.8 Å². The van der Waals surface area contributed by atoms with E-state index in [4.69, 9.17) is 4.74 Å². The fourth-order valence-corrected chi connectivity index (χ4v) is 3.23. The molecule has 0 saturated heterocycles. The maximum absolute atomic E-state index is 12.2. The van der Waals surface area contributed by atoms with Crippen LogP contribution in [0.5, 0.6) is 5.75 Å². The van der Waals surface area contributed by atoms with Crippen LogP contribution in [0.4, 0.5) is 0 Å². The quantitative estimate of drug-likeness (QED) is 0.787. The average molecular weight is 346 g/mol. The highest BCUT2D eigenvalue weighted by Crippen LogP contribution is 2.22. The van der Waals surface area contributed by atoms with Gasteiger partial charge in [0.15, 0.2) is 0 Å². The number of carbonyl (C=O) groups excluding carboxylic acids is 2. The van der Waals surface area contributed by atoms with E-state index in [9.17, 15) is 9.59 Å². The highest BCUT2D eigenvalue weighted by atomic mass is 32.1. The summed E-state index contributed by atoms with van der Waals surface area (Å²) >= 11 is 1.44. The van der Waals surface area contributed by atoms with Gasteiger partial charge in [-0.15, -0.1) is 11.3 Å². The summed E-state index contributed by atoms with van der Waals surface area (Å²) < 4.78 is 5.33. The molecule has 2 aromatic rings. The molecule has 1 aromatic heterocycles. The van der Waals surface area contributed by atoms with Gasteiger partial charge in [-0.1, -0.05) is 13.3 Å². The number of carbonyl (C=O) groups is 2. The van der Waals surface area contributed by atoms with Crippen LogP contribution in [-0.2, 0) is 6.42 Å². The zero-order chi connectivity index (χ0) is 17.5. The third kappa shape index (κ3) is 4.58. The molecule has 0 saturated carbocycles. The highest BCUT2D eigenvalue weighted by molar-refractivity contribution is 7.14. The van der Waals surface area contributed by atoms with Crippen LogP contribution in [0, 0.1) is 6.92 Å². The van der Waals surface area contributed by atoms with Crippen molar-refractivity contribution in [2.75, 3.05) is 6.61 Å². The summed E-state index contributed by atoms with van der Waals surface area (Å²) in [7, 11) is 0. The second-order valence-corrected chi connectivity index (χ2v) is 6.56. The van der Waals surface area contributed by atoms with E-state index < -0.39 is 0 Å². The lowest BCUT2D eigenvalue weighted by Gasteiger charge is -2.07. The molecule has 128 valence electrons. The first-order valence-electron chi connectivity index (χ1n) is 7.98. The van der Waals surface area contributed by atoms with E-state index in [0.717, 1.165) is 17.7 Å². The number of thiophene rings is 1. The standard InChI is InChI=1S/C18H22N2O3S/c1-4-6-14-11-16(24-12(14)3)18(22)20-19-17(21)13-7-9-15(10-8-13)23-5-2/h7-11H,4-6H2,1-3H3,(H,19,21)(H,20,22). The molecule has 2 rings (SSSR count). The molecule has 0 aliphatic rings. The van der Waals surface area contributed by atoms with Crippen LogP contribution in [-0.4, -0.2) is 18.4 Å². The van der Waals surface area contributed by atoms with Gasteiger partial charge in [-0.05, 0) is 56.2 Å². The van der Waals surface area contributed by atoms with Gasteiger partial charge >= 0.3 is 0 Å². The van der Waals surface area contributed by atoms with Crippen molar-refractivity contribution < 1.29 is 14.3 Å². The van der Waals surface area contributed by atoms with Crippen LogP contribution in [0.25, 0.3) is 0 Å². The summed E-state index contributed by atoms with van der Waals surface area (Å²) in [4.78, 5) is 26.0. The van der Waals surface area contributed by atoms with Gasteiger partial charge in [-0.2, -0.15) is 0 Å². The third-order valence-corrected chi connectivity index (χ3v) is 4.57. The summed E-state index contributed by atoms with van der Waals surface area (Å²) in [6.45, 7) is 6.58. The van der Waals surface area contributed by atoms with Gasteiger partial charge in [0, 0.05) is 10.4 Å². The highest BCUT2D eigenvalue weighted by Gasteiger charge is 2.13. The summed E-state index contributed by atoms with van der Waals surface area (Å²) in [5.41, 5.74) is 6.53. The van der Waals surface area contributed by atoms with Crippen LogP contribution in [0.15, 0.2) is 30.3 Å². The van der Waals surface area contributed by atoms with E-state index in [1.54, 1.807) is 24.3 Å². The molecule has 2 N–H and O–H groups in total. The van der Waals surface area contributed by atoms with Gasteiger partial charge < -0.3 is 4.74 Å². The van der Waals surface area contributed by atoms with Crippen molar-refractivity contribution in [3.63, 3.8) is 0 Å². The monoisotopic (exact) mass is 346 g/mol. The summed E-state index contributed by atoms with van der Waals surface area (Å²) in [6, 6.07) is 8.64. The molecule has 0 unspecified atom stereocenters. The van der Waals surface area contributed by atoms with Gasteiger partial charge in [-0.3, -0.25) is 20.4 Å². The Morgan fingerprint density at radius 1 is 1.08 bits per heavy atom. The first-order valence-corrected chi connectivity index (χ1v) is 8.79. The van der Waals surface area contributed by atoms with E-state index in [1.165, 1.54) is 16.9 Å².